The van der Waals surface area contributed by atoms with Crippen LogP contribution in [-0.4, -0.2) is 17.0 Å². The van der Waals surface area contributed by atoms with E-state index in [1.165, 1.54) is 12.1 Å². The normalized spacial score (nSPS) is 9.20. The first kappa shape index (κ1) is 15.4. The van der Waals surface area contributed by atoms with Crippen molar-refractivity contribution in [3.63, 3.8) is 0 Å². The summed E-state index contributed by atoms with van der Waals surface area (Å²) >= 11 is 11.0. The summed E-state index contributed by atoms with van der Waals surface area (Å²) in [6.45, 7) is 0. The Bertz CT molecular complexity index is 380. The van der Waals surface area contributed by atoms with Gasteiger partial charge in [0.15, 0.2) is 0 Å². The molecule has 0 radical (unpaired) electrons. The molecule has 0 bridgehead atoms. The topological polar surface area (TPSA) is 77.4 Å². The average molecular weight is 273 g/mol. The van der Waals surface area contributed by atoms with Crippen LogP contribution in [0.5, 0.6) is 0 Å². The molecule has 4 nitrogen and oxygen atoms in total. The van der Waals surface area contributed by atoms with Crippen LogP contribution in [0.4, 0.5) is 0 Å². The van der Waals surface area contributed by atoms with E-state index in [0.29, 0.717) is 0 Å². The van der Waals surface area contributed by atoms with Crippen LogP contribution in [0.1, 0.15) is 20.7 Å². The van der Waals surface area contributed by atoms with Crippen LogP contribution in [0.15, 0.2) is 12.1 Å². The predicted octanol–water partition coefficient (Wildman–Crippen LogP) is -1.94. The molecule has 1 aromatic rings. The van der Waals surface area contributed by atoms with E-state index in [-0.39, 0.29) is 61.4 Å². The van der Waals surface area contributed by atoms with Crippen LogP contribution >= 0.6 is 23.2 Å². The van der Waals surface area contributed by atoms with Crippen molar-refractivity contribution >= 4 is 35.1 Å². The zero-order valence-electron chi connectivity index (χ0n) is 7.58. The number of carbonyl (C=O) groups is 2. The minimum Gasteiger partial charge on any atom is -0.545 e. The van der Waals surface area contributed by atoms with Crippen LogP contribution in [0.3, 0.4) is 0 Å². The van der Waals surface area contributed by atoms with E-state index in [4.69, 9.17) is 28.3 Å². The second kappa shape index (κ2) is 6.20. The zero-order valence-corrected chi connectivity index (χ0v) is 12.2. The van der Waals surface area contributed by atoms with E-state index in [1.807, 2.05) is 0 Å². The maximum absolute atomic E-state index is 10.7. The van der Waals surface area contributed by atoms with Gasteiger partial charge in [0.05, 0.1) is 21.6 Å². The molecule has 1 rings (SSSR count). The Hall–Kier alpha value is 0.376. The third kappa shape index (κ3) is 3.42. The number of rotatable bonds is 2. The molecule has 0 atom stereocenters. The largest absolute Gasteiger partial charge is 1.00 e. The molecule has 0 aliphatic heterocycles. The minimum absolute atomic E-state index is 0. The van der Waals surface area contributed by atoms with E-state index in [1.54, 1.807) is 0 Å². The van der Waals surface area contributed by atoms with Gasteiger partial charge in [0, 0.05) is 5.56 Å². The molecule has 0 spiro atoms. The van der Waals surface area contributed by atoms with Crippen molar-refractivity contribution in [3.05, 3.63) is 33.3 Å². The van der Waals surface area contributed by atoms with Gasteiger partial charge in [0.1, 0.15) is 0 Å². The second-order valence-corrected chi connectivity index (χ2v) is 3.19. The van der Waals surface area contributed by atoms with E-state index in [2.05, 4.69) is 0 Å². The maximum atomic E-state index is 10.7. The van der Waals surface area contributed by atoms with Gasteiger partial charge in [0.2, 0.25) is 0 Å². The summed E-state index contributed by atoms with van der Waals surface area (Å²) in [5.41, 5.74) is -1.16. The molecule has 0 aromatic heterocycles. The zero-order chi connectivity index (χ0) is 10.9. The third-order valence-corrected chi connectivity index (χ3v) is 2.15. The Balaban J connectivity index is 0.00000196. The van der Waals surface area contributed by atoms with Crippen molar-refractivity contribution in [1.82, 2.24) is 0 Å². The first-order chi connectivity index (χ1) is 6.45. The summed E-state index contributed by atoms with van der Waals surface area (Å²) in [5, 5.41) is 18.9. The van der Waals surface area contributed by atoms with Crippen LogP contribution in [-0.2, 0) is 0 Å². The quantitative estimate of drug-likeness (QED) is 0.636. The number of carboxylic acid groups (broad SMARTS) is 2. The molecule has 7 heteroatoms. The Morgan fingerprint density at radius 3 is 1.80 bits per heavy atom. The maximum Gasteiger partial charge on any atom is 1.00 e. The van der Waals surface area contributed by atoms with Crippen LogP contribution < -0.4 is 56.5 Å². The molecule has 0 amide bonds. The second-order valence-electron chi connectivity index (χ2n) is 2.37. The molecule has 15 heavy (non-hydrogen) atoms. The van der Waals surface area contributed by atoms with Gasteiger partial charge in [-0.1, -0.05) is 23.2 Å². The first-order valence-electron chi connectivity index (χ1n) is 3.37. The molecule has 1 aromatic carbocycles. The SMILES string of the molecule is O=C([O-])c1c(Cl)ccc(Cl)c1C(=O)O.[K+]. The van der Waals surface area contributed by atoms with Gasteiger partial charge >= 0.3 is 57.4 Å². The number of aromatic carboxylic acids is 2. The summed E-state index contributed by atoms with van der Waals surface area (Å²) < 4.78 is 0. The predicted molar refractivity (Wildman–Crippen MR) is 47.8 cm³/mol. The number of carboxylic acids is 2. The molecule has 0 fully saturated rings. The smallest absolute Gasteiger partial charge is 0.545 e. The van der Waals surface area contributed by atoms with E-state index in [0.717, 1.165) is 0 Å². The molecule has 0 unspecified atom stereocenters. The summed E-state index contributed by atoms with van der Waals surface area (Å²) in [4.78, 5) is 21.2. The van der Waals surface area contributed by atoms with E-state index < -0.39 is 23.1 Å². The van der Waals surface area contributed by atoms with Crippen molar-refractivity contribution in [2.75, 3.05) is 0 Å². The third-order valence-electron chi connectivity index (χ3n) is 1.52. The molecular formula is C8H3Cl2KO4. The molecule has 0 aliphatic rings. The molecular weight excluding hydrogens is 270 g/mol. The number of carbonyl (C=O) groups excluding carboxylic acids is 1. The van der Waals surface area contributed by atoms with Crippen LogP contribution in [0, 0.1) is 0 Å². The first-order valence-corrected chi connectivity index (χ1v) is 4.13. The Morgan fingerprint density at radius 1 is 1.13 bits per heavy atom. The summed E-state index contributed by atoms with van der Waals surface area (Å²) in [6.07, 6.45) is 0. The van der Waals surface area contributed by atoms with E-state index in [9.17, 15) is 14.7 Å². The molecule has 0 aliphatic carbocycles. The standard InChI is InChI=1S/C8H4Cl2O4.K/c9-3-1-2-4(10)6(8(13)14)5(3)7(11)12;/h1-2H,(H,11,12)(H,13,14);/q;+1/p-1. The van der Waals surface area contributed by atoms with Gasteiger partial charge in [-0.2, -0.15) is 0 Å². The van der Waals surface area contributed by atoms with E-state index >= 15 is 0 Å². The van der Waals surface area contributed by atoms with Gasteiger partial charge in [0.25, 0.3) is 0 Å². The fourth-order valence-electron chi connectivity index (χ4n) is 0.960. The number of hydrogen-bond donors (Lipinski definition) is 1. The van der Waals surface area contributed by atoms with Crippen LogP contribution in [0.25, 0.3) is 0 Å². The fourth-order valence-corrected chi connectivity index (χ4v) is 1.43. The van der Waals surface area contributed by atoms with Gasteiger partial charge in [-0.3, -0.25) is 0 Å². The monoisotopic (exact) mass is 272 g/mol. The Labute approximate surface area is 138 Å². The van der Waals surface area contributed by atoms with Crippen molar-refractivity contribution in [2.24, 2.45) is 0 Å². The summed E-state index contributed by atoms with van der Waals surface area (Å²) in [5.74, 6) is -3.13. The summed E-state index contributed by atoms with van der Waals surface area (Å²) in [6, 6.07) is 2.40. The molecule has 0 heterocycles. The Morgan fingerprint density at radius 2 is 1.53 bits per heavy atom. The van der Waals surface area contributed by atoms with Crippen molar-refractivity contribution in [3.8, 4) is 0 Å². The van der Waals surface area contributed by atoms with Crippen molar-refractivity contribution < 1.29 is 71.2 Å². The minimum atomic E-state index is -1.67. The van der Waals surface area contributed by atoms with Gasteiger partial charge in [-0.25, -0.2) is 4.79 Å². The van der Waals surface area contributed by atoms with Gasteiger partial charge in [-0.15, -0.1) is 0 Å². The molecule has 74 valence electrons. The Kier molecular flexibility index (Phi) is 6.35. The number of benzene rings is 1. The van der Waals surface area contributed by atoms with Crippen LogP contribution in [0.2, 0.25) is 10.0 Å². The number of halogens is 2. The molecule has 0 saturated heterocycles. The van der Waals surface area contributed by atoms with Gasteiger partial charge < -0.3 is 15.0 Å². The average Bonchev–Trinajstić information content (AvgIpc) is 2.07. The van der Waals surface area contributed by atoms with Crippen molar-refractivity contribution in [2.45, 2.75) is 0 Å². The molecule has 0 saturated carbocycles. The fraction of sp³-hybridized carbons (Fsp3) is 0. The number of hydrogen-bond acceptors (Lipinski definition) is 3. The van der Waals surface area contributed by atoms with Crippen molar-refractivity contribution in [1.29, 1.82) is 0 Å². The molecule has 1 N–H and O–H groups in total. The summed E-state index contributed by atoms with van der Waals surface area (Å²) in [7, 11) is 0. The van der Waals surface area contributed by atoms with Gasteiger partial charge in [-0.05, 0) is 12.1 Å².